The lowest BCUT2D eigenvalue weighted by molar-refractivity contribution is -0.132. The van der Waals surface area contributed by atoms with Crippen molar-refractivity contribution in [2.24, 2.45) is 0 Å². The van der Waals surface area contributed by atoms with Gasteiger partial charge in [-0.2, -0.15) is 4.98 Å². The second-order valence-electron chi connectivity index (χ2n) is 15.4. The Morgan fingerprint density at radius 1 is 1.02 bits per heavy atom. The Kier molecular flexibility index (Phi) is 7.41. The standard InChI is InChI=1S/C40H42ClN5O4/c1-39(2)29-21-25(8-11-31(29)46-32-6-3-5-30(41)34(32)37(49)43-38(39)46)24-12-17-45(18-13-24)33(47)7-4-16-44-19-14-40(15-20-44)23-50-35-27-22-42-36(48)26(27)9-10-28(35)40/h3,5-6,8-11,21,24H,4,7,12-20,22-23H2,1-2H3,(H,42,48). The molecule has 0 bridgehead atoms. The molecule has 6 heterocycles. The Morgan fingerprint density at radius 2 is 1.82 bits per heavy atom. The number of benzene rings is 3. The molecule has 9 rings (SSSR count). The summed E-state index contributed by atoms with van der Waals surface area (Å²) < 4.78 is 8.32. The average Bonchev–Trinajstić information content (AvgIpc) is 3.75. The number of piperidine rings is 2. The number of carbonyl (C=O) groups excluding carboxylic acids is 2. The number of hydrogen-bond acceptors (Lipinski definition) is 6. The first-order chi connectivity index (χ1) is 24.1. The van der Waals surface area contributed by atoms with Crippen LogP contribution in [0.4, 0.5) is 0 Å². The summed E-state index contributed by atoms with van der Waals surface area (Å²) in [4.78, 5) is 47.5. The van der Waals surface area contributed by atoms with Crippen LogP contribution in [-0.4, -0.2) is 70.5 Å². The van der Waals surface area contributed by atoms with E-state index in [9.17, 15) is 14.4 Å². The predicted octanol–water partition coefficient (Wildman–Crippen LogP) is 5.83. The average molecular weight is 692 g/mol. The fourth-order valence-corrected chi connectivity index (χ4v) is 9.61. The van der Waals surface area contributed by atoms with E-state index in [1.165, 1.54) is 16.7 Å². The molecule has 50 heavy (non-hydrogen) atoms. The predicted molar refractivity (Wildman–Crippen MR) is 193 cm³/mol. The molecule has 1 aromatic heterocycles. The molecular formula is C40H42ClN5O4. The molecule has 2 fully saturated rings. The van der Waals surface area contributed by atoms with Crippen molar-refractivity contribution >= 4 is 34.3 Å². The molecule has 0 atom stereocenters. The lowest BCUT2D eigenvalue weighted by Gasteiger charge is -2.38. The summed E-state index contributed by atoms with van der Waals surface area (Å²) in [7, 11) is 0. The van der Waals surface area contributed by atoms with Crippen LogP contribution >= 0.6 is 11.6 Å². The zero-order valence-electron chi connectivity index (χ0n) is 28.7. The van der Waals surface area contributed by atoms with Gasteiger partial charge in [0.2, 0.25) is 5.91 Å². The maximum Gasteiger partial charge on any atom is 0.282 e. The van der Waals surface area contributed by atoms with Gasteiger partial charge in [0.25, 0.3) is 11.5 Å². The van der Waals surface area contributed by atoms with E-state index in [4.69, 9.17) is 16.3 Å². The first-order valence-corrected chi connectivity index (χ1v) is 18.5. The molecule has 9 nitrogen and oxygen atoms in total. The molecule has 1 spiro atoms. The molecule has 4 aromatic rings. The summed E-state index contributed by atoms with van der Waals surface area (Å²) in [6, 6.07) is 16.3. The topological polar surface area (TPSA) is 96.8 Å². The fourth-order valence-electron chi connectivity index (χ4n) is 9.36. The van der Waals surface area contributed by atoms with Gasteiger partial charge in [0.15, 0.2) is 0 Å². The van der Waals surface area contributed by atoms with Gasteiger partial charge in [-0.1, -0.05) is 35.9 Å². The van der Waals surface area contributed by atoms with Crippen LogP contribution in [-0.2, 0) is 22.2 Å². The van der Waals surface area contributed by atoms with Crippen molar-refractivity contribution in [2.75, 3.05) is 39.3 Å². The van der Waals surface area contributed by atoms with Gasteiger partial charge in [-0.05, 0) is 107 Å². The normalized spacial score (nSPS) is 20.4. The number of ether oxygens (including phenoxy) is 1. The molecule has 0 aliphatic carbocycles. The van der Waals surface area contributed by atoms with Crippen molar-refractivity contribution in [1.82, 2.24) is 24.7 Å². The van der Waals surface area contributed by atoms with E-state index in [-0.39, 0.29) is 22.8 Å². The highest BCUT2D eigenvalue weighted by molar-refractivity contribution is 6.35. The van der Waals surface area contributed by atoms with Crippen LogP contribution in [0.5, 0.6) is 5.75 Å². The van der Waals surface area contributed by atoms with Crippen LogP contribution in [0.3, 0.4) is 0 Å². The maximum atomic E-state index is 13.3. The monoisotopic (exact) mass is 691 g/mol. The quantitative estimate of drug-likeness (QED) is 0.283. The molecule has 5 aliphatic heterocycles. The number of amides is 2. The van der Waals surface area contributed by atoms with Crippen LogP contribution < -0.4 is 15.6 Å². The molecule has 3 aromatic carbocycles. The van der Waals surface area contributed by atoms with Crippen molar-refractivity contribution in [3.05, 3.63) is 97.5 Å². The number of nitrogens with zero attached hydrogens (tertiary/aromatic N) is 4. The van der Waals surface area contributed by atoms with Gasteiger partial charge in [0.05, 0.1) is 33.6 Å². The molecule has 2 amide bonds. The summed E-state index contributed by atoms with van der Waals surface area (Å²) in [5, 5.41) is 3.81. The Bertz CT molecular complexity index is 2140. The minimum atomic E-state index is -0.429. The van der Waals surface area contributed by atoms with Gasteiger partial charge < -0.3 is 19.9 Å². The molecule has 258 valence electrons. The maximum absolute atomic E-state index is 13.3. The summed E-state index contributed by atoms with van der Waals surface area (Å²) in [5.74, 6) is 2.32. The van der Waals surface area contributed by atoms with Crippen LogP contribution in [0.2, 0.25) is 5.02 Å². The Hall–Kier alpha value is -4.21. The van der Waals surface area contributed by atoms with E-state index in [1.54, 1.807) is 6.07 Å². The number of likely N-dealkylation sites (tertiary alicyclic amines) is 2. The van der Waals surface area contributed by atoms with Crippen LogP contribution in [0.15, 0.2) is 53.3 Å². The number of hydrogen-bond donors (Lipinski definition) is 1. The Labute approximate surface area is 296 Å². The molecule has 1 N–H and O–H groups in total. The second kappa shape index (κ2) is 11.7. The third kappa shape index (κ3) is 4.83. The van der Waals surface area contributed by atoms with Crippen molar-refractivity contribution in [1.29, 1.82) is 0 Å². The lowest BCUT2D eigenvalue weighted by atomic mass is 9.74. The van der Waals surface area contributed by atoms with Gasteiger partial charge in [0.1, 0.15) is 11.6 Å². The van der Waals surface area contributed by atoms with Gasteiger partial charge in [0, 0.05) is 48.2 Å². The minimum Gasteiger partial charge on any atom is -0.492 e. The van der Waals surface area contributed by atoms with E-state index in [0.29, 0.717) is 35.9 Å². The Morgan fingerprint density at radius 3 is 2.62 bits per heavy atom. The number of carbonyl (C=O) groups is 2. The van der Waals surface area contributed by atoms with Gasteiger partial charge >= 0.3 is 0 Å². The smallest absolute Gasteiger partial charge is 0.282 e. The van der Waals surface area contributed by atoms with E-state index in [0.717, 1.165) is 98.7 Å². The highest BCUT2D eigenvalue weighted by atomic mass is 35.5. The summed E-state index contributed by atoms with van der Waals surface area (Å²) in [6.07, 6.45) is 5.41. The van der Waals surface area contributed by atoms with Gasteiger partial charge in [-0.25, -0.2) is 0 Å². The largest absolute Gasteiger partial charge is 0.492 e. The third-order valence-electron chi connectivity index (χ3n) is 12.4. The number of nitrogens with one attached hydrogen (secondary N) is 1. The fraction of sp³-hybridized carbons (Fsp3) is 0.450. The van der Waals surface area contributed by atoms with E-state index in [1.807, 2.05) is 18.2 Å². The highest BCUT2D eigenvalue weighted by Crippen LogP contribution is 2.49. The highest BCUT2D eigenvalue weighted by Gasteiger charge is 2.45. The first-order valence-electron chi connectivity index (χ1n) is 18.1. The minimum absolute atomic E-state index is 0.00444. The zero-order chi connectivity index (χ0) is 34.4. The van der Waals surface area contributed by atoms with E-state index >= 15 is 0 Å². The molecular weight excluding hydrogens is 650 g/mol. The number of fused-ring (bicyclic) bond motifs is 9. The first kappa shape index (κ1) is 31.7. The molecule has 0 unspecified atom stereocenters. The number of aromatic nitrogens is 2. The summed E-state index contributed by atoms with van der Waals surface area (Å²) >= 11 is 6.44. The molecule has 2 saturated heterocycles. The van der Waals surface area contributed by atoms with Crippen LogP contribution in [0, 0.1) is 0 Å². The van der Waals surface area contributed by atoms with Crippen LogP contribution in [0.25, 0.3) is 16.6 Å². The Balaban J connectivity index is 0.793. The molecule has 5 aliphatic rings. The SMILES string of the molecule is CC1(C)c2cc(C3CCN(C(=O)CCCN4CCC5(CC4)COc4c5ccc5c4CNC5=O)CC3)ccc2-n2c1nc(=O)c1c(Cl)cccc12. The zero-order valence-corrected chi connectivity index (χ0v) is 29.4. The molecule has 0 saturated carbocycles. The third-order valence-corrected chi connectivity index (χ3v) is 12.7. The van der Waals surface area contributed by atoms with E-state index in [2.05, 4.69) is 62.8 Å². The van der Waals surface area contributed by atoms with Crippen molar-refractivity contribution < 1.29 is 14.3 Å². The van der Waals surface area contributed by atoms with Crippen LogP contribution in [0.1, 0.15) is 96.7 Å². The summed E-state index contributed by atoms with van der Waals surface area (Å²) in [6.45, 7) is 10.0. The van der Waals surface area contributed by atoms with E-state index < -0.39 is 5.41 Å². The van der Waals surface area contributed by atoms with Gasteiger partial charge in [-0.3, -0.25) is 19.0 Å². The van der Waals surface area contributed by atoms with Gasteiger partial charge in [-0.15, -0.1) is 0 Å². The van der Waals surface area contributed by atoms with Crippen molar-refractivity contribution in [3.63, 3.8) is 0 Å². The van der Waals surface area contributed by atoms with Crippen molar-refractivity contribution in [2.45, 2.75) is 75.7 Å². The van der Waals surface area contributed by atoms with Crippen molar-refractivity contribution in [3.8, 4) is 11.4 Å². The molecule has 0 radical (unpaired) electrons. The number of rotatable bonds is 5. The molecule has 10 heteroatoms. The second-order valence-corrected chi connectivity index (χ2v) is 15.8. The lowest BCUT2D eigenvalue weighted by Crippen LogP contribution is -2.44. The number of halogens is 1. The summed E-state index contributed by atoms with van der Waals surface area (Å²) in [5.41, 5.74) is 6.65.